The highest BCUT2D eigenvalue weighted by molar-refractivity contribution is 5.78. The predicted molar refractivity (Wildman–Crippen MR) is 131 cm³/mol. The average molecular weight is 427 g/mol. The lowest BCUT2D eigenvalue weighted by molar-refractivity contribution is -0.137. The number of carbonyl (C=O) groups excluding carboxylic acids is 2. The van der Waals surface area contributed by atoms with Crippen molar-refractivity contribution in [1.82, 2.24) is 9.80 Å². The monoisotopic (exact) mass is 426 g/mol. The summed E-state index contributed by atoms with van der Waals surface area (Å²) in [7, 11) is 0. The molecule has 0 aliphatic carbocycles. The molecule has 1 unspecified atom stereocenters. The van der Waals surface area contributed by atoms with E-state index in [1.807, 2.05) is 32.6 Å². The lowest BCUT2D eigenvalue weighted by Crippen LogP contribution is -2.43. The van der Waals surface area contributed by atoms with Gasteiger partial charge in [-0.15, -0.1) is 0 Å². The van der Waals surface area contributed by atoms with E-state index in [-0.39, 0.29) is 26.7 Å². The van der Waals surface area contributed by atoms with Crippen molar-refractivity contribution in [3.05, 3.63) is 0 Å². The molecule has 2 rings (SSSR count). The number of carbonyl (C=O) groups is 2. The molecular formula is C26H54N2O2. The Balaban J connectivity index is 0. The summed E-state index contributed by atoms with van der Waals surface area (Å²) >= 11 is 0. The molecule has 1 atom stereocenters. The first-order valence-electron chi connectivity index (χ1n) is 11.6. The van der Waals surface area contributed by atoms with Crippen LogP contribution in [0.25, 0.3) is 0 Å². The van der Waals surface area contributed by atoms with E-state index in [4.69, 9.17) is 0 Å². The summed E-state index contributed by atoms with van der Waals surface area (Å²) in [4.78, 5) is 27.6. The topological polar surface area (TPSA) is 40.6 Å². The fourth-order valence-electron chi connectivity index (χ4n) is 4.27. The quantitative estimate of drug-likeness (QED) is 0.526. The molecule has 0 aromatic rings. The molecule has 2 heterocycles. The van der Waals surface area contributed by atoms with Crippen LogP contribution in [0.15, 0.2) is 0 Å². The van der Waals surface area contributed by atoms with Crippen LogP contribution in [0.1, 0.15) is 95.9 Å². The molecule has 0 bridgehead atoms. The SMILES string of the molecule is C.C.CC(C)C(=O)N1CCC(C(C)C)CC1.CC(C)C(=O)N1CCCC(C(C)C)C1. The molecule has 180 valence electrons. The van der Waals surface area contributed by atoms with Gasteiger partial charge in [0.15, 0.2) is 0 Å². The number of amides is 2. The number of hydrogen-bond acceptors (Lipinski definition) is 2. The zero-order valence-electron chi connectivity index (χ0n) is 19.8. The van der Waals surface area contributed by atoms with E-state index in [2.05, 4.69) is 32.6 Å². The Morgan fingerprint density at radius 1 is 0.633 bits per heavy atom. The Morgan fingerprint density at radius 3 is 1.47 bits per heavy atom. The van der Waals surface area contributed by atoms with Gasteiger partial charge in [0.2, 0.25) is 11.8 Å². The van der Waals surface area contributed by atoms with Gasteiger partial charge < -0.3 is 9.80 Å². The van der Waals surface area contributed by atoms with Gasteiger partial charge >= 0.3 is 0 Å². The first kappa shape index (κ1) is 31.1. The number of hydrogen-bond donors (Lipinski definition) is 0. The number of rotatable bonds is 4. The first-order chi connectivity index (χ1) is 13.0. The van der Waals surface area contributed by atoms with Crippen molar-refractivity contribution >= 4 is 11.8 Å². The van der Waals surface area contributed by atoms with Crippen molar-refractivity contribution in [3.63, 3.8) is 0 Å². The van der Waals surface area contributed by atoms with E-state index in [0.29, 0.717) is 23.7 Å². The van der Waals surface area contributed by atoms with E-state index in [9.17, 15) is 9.59 Å². The largest absolute Gasteiger partial charge is 0.342 e. The summed E-state index contributed by atoms with van der Waals surface area (Å²) in [6, 6.07) is 0. The van der Waals surface area contributed by atoms with E-state index >= 15 is 0 Å². The third-order valence-corrected chi connectivity index (χ3v) is 6.49. The van der Waals surface area contributed by atoms with Crippen molar-refractivity contribution < 1.29 is 9.59 Å². The molecule has 2 fully saturated rings. The maximum Gasteiger partial charge on any atom is 0.225 e. The van der Waals surface area contributed by atoms with Crippen LogP contribution in [0.2, 0.25) is 0 Å². The second-order valence-corrected chi connectivity index (χ2v) is 10.1. The van der Waals surface area contributed by atoms with Crippen LogP contribution in [-0.4, -0.2) is 47.8 Å². The second kappa shape index (κ2) is 14.9. The van der Waals surface area contributed by atoms with Gasteiger partial charge in [0.1, 0.15) is 0 Å². The van der Waals surface area contributed by atoms with Crippen LogP contribution in [0.5, 0.6) is 0 Å². The molecule has 0 spiro atoms. The highest BCUT2D eigenvalue weighted by atomic mass is 16.2. The second-order valence-electron chi connectivity index (χ2n) is 10.1. The zero-order chi connectivity index (χ0) is 21.4. The summed E-state index contributed by atoms with van der Waals surface area (Å²) in [6.07, 6.45) is 4.85. The summed E-state index contributed by atoms with van der Waals surface area (Å²) < 4.78 is 0. The van der Waals surface area contributed by atoms with E-state index < -0.39 is 0 Å². The Bertz CT molecular complexity index is 477. The molecule has 0 aromatic carbocycles. The van der Waals surface area contributed by atoms with Crippen molar-refractivity contribution in [1.29, 1.82) is 0 Å². The first-order valence-corrected chi connectivity index (χ1v) is 11.6. The van der Waals surface area contributed by atoms with Crippen LogP contribution in [-0.2, 0) is 9.59 Å². The Labute approximate surface area is 189 Å². The molecule has 2 saturated heterocycles. The van der Waals surface area contributed by atoms with Crippen LogP contribution in [0.4, 0.5) is 0 Å². The fraction of sp³-hybridized carbons (Fsp3) is 0.923. The molecule has 4 nitrogen and oxygen atoms in total. The predicted octanol–water partition coefficient (Wildman–Crippen LogP) is 6.35. The van der Waals surface area contributed by atoms with Crippen molar-refractivity contribution in [2.24, 2.45) is 35.5 Å². The molecule has 2 aliphatic rings. The molecular weight excluding hydrogens is 372 g/mol. The maximum absolute atomic E-state index is 11.8. The van der Waals surface area contributed by atoms with E-state index in [1.165, 1.54) is 25.7 Å². The van der Waals surface area contributed by atoms with Gasteiger partial charge in [0, 0.05) is 38.0 Å². The third-order valence-electron chi connectivity index (χ3n) is 6.49. The number of likely N-dealkylation sites (tertiary alicyclic amines) is 2. The Hall–Kier alpha value is -1.06. The molecule has 2 amide bonds. The van der Waals surface area contributed by atoms with Gasteiger partial charge in [-0.3, -0.25) is 9.59 Å². The smallest absolute Gasteiger partial charge is 0.225 e. The van der Waals surface area contributed by atoms with E-state index in [0.717, 1.165) is 38.0 Å². The standard InChI is InChI=1S/2C12H23NO.2CH4/c1-9(2)11-5-7-13(8-6-11)12(14)10(3)4;1-9(2)11-6-5-7-13(8-11)12(14)10(3)4;;/h2*9-11H,5-8H2,1-4H3;2*1H4. The van der Waals surface area contributed by atoms with Gasteiger partial charge in [-0.05, 0) is 49.4 Å². The molecule has 2 aliphatic heterocycles. The molecule has 0 aromatic heterocycles. The van der Waals surface area contributed by atoms with Gasteiger partial charge in [-0.1, -0.05) is 70.2 Å². The van der Waals surface area contributed by atoms with Crippen molar-refractivity contribution in [2.45, 2.75) is 95.9 Å². The highest BCUT2D eigenvalue weighted by Gasteiger charge is 2.27. The average Bonchev–Trinajstić information content (AvgIpc) is 2.67. The summed E-state index contributed by atoms with van der Waals surface area (Å²) in [5.41, 5.74) is 0. The van der Waals surface area contributed by atoms with Gasteiger partial charge in [-0.25, -0.2) is 0 Å². The highest BCUT2D eigenvalue weighted by Crippen LogP contribution is 2.25. The minimum absolute atomic E-state index is 0. The number of nitrogens with zero attached hydrogens (tertiary/aromatic N) is 2. The minimum atomic E-state index is 0. The van der Waals surface area contributed by atoms with E-state index in [1.54, 1.807) is 0 Å². The molecule has 0 N–H and O–H groups in total. The van der Waals surface area contributed by atoms with Gasteiger partial charge in [-0.2, -0.15) is 0 Å². The zero-order valence-corrected chi connectivity index (χ0v) is 19.8. The molecule has 30 heavy (non-hydrogen) atoms. The van der Waals surface area contributed by atoms with Crippen LogP contribution in [0, 0.1) is 35.5 Å². The Morgan fingerprint density at radius 2 is 1.07 bits per heavy atom. The lowest BCUT2D eigenvalue weighted by atomic mass is 9.86. The third kappa shape index (κ3) is 9.83. The fourth-order valence-corrected chi connectivity index (χ4v) is 4.27. The number of piperidine rings is 2. The normalized spacial score (nSPS) is 19.9. The van der Waals surface area contributed by atoms with Gasteiger partial charge in [0.05, 0.1) is 0 Å². The molecule has 0 radical (unpaired) electrons. The Kier molecular flexibility index (Phi) is 15.4. The molecule has 0 saturated carbocycles. The van der Waals surface area contributed by atoms with Crippen molar-refractivity contribution in [3.8, 4) is 0 Å². The van der Waals surface area contributed by atoms with Crippen molar-refractivity contribution in [2.75, 3.05) is 26.2 Å². The minimum Gasteiger partial charge on any atom is -0.342 e. The molecule has 4 heteroatoms. The van der Waals surface area contributed by atoms with Gasteiger partial charge in [0.25, 0.3) is 0 Å². The summed E-state index contributed by atoms with van der Waals surface area (Å²) in [5.74, 6) is 3.98. The summed E-state index contributed by atoms with van der Waals surface area (Å²) in [5, 5.41) is 0. The van der Waals surface area contributed by atoms with Crippen LogP contribution in [0.3, 0.4) is 0 Å². The maximum atomic E-state index is 11.8. The summed E-state index contributed by atoms with van der Waals surface area (Å²) in [6.45, 7) is 20.9. The van der Waals surface area contributed by atoms with Crippen LogP contribution < -0.4 is 0 Å². The lowest BCUT2D eigenvalue weighted by Gasteiger charge is -2.35. The van der Waals surface area contributed by atoms with Crippen LogP contribution >= 0.6 is 0 Å².